The van der Waals surface area contributed by atoms with E-state index in [9.17, 15) is 4.39 Å². The number of ether oxygens (including phenoxy) is 1. The Hall–Kier alpha value is -1.06. The lowest BCUT2D eigenvalue weighted by Gasteiger charge is -2.10. The molecule has 2 nitrogen and oxygen atoms in total. The van der Waals surface area contributed by atoms with Gasteiger partial charge in [0.1, 0.15) is 6.61 Å². The van der Waals surface area contributed by atoms with E-state index < -0.39 is 5.82 Å². The van der Waals surface area contributed by atoms with E-state index in [1.54, 1.807) is 26.0 Å². The van der Waals surface area contributed by atoms with E-state index in [1.165, 1.54) is 11.6 Å². The number of rotatable bonds is 4. The van der Waals surface area contributed by atoms with Crippen LogP contribution in [0.2, 0.25) is 0 Å². The van der Waals surface area contributed by atoms with Crippen molar-refractivity contribution in [3.8, 4) is 5.75 Å². The molecule has 2 N–H and O–H groups in total. The Morgan fingerprint density at radius 3 is 2.81 bits per heavy atom. The lowest BCUT2D eigenvalue weighted by molar-refractivity contribution is 0.332. The van der Waals surface area contributed by atoms with Crippen LogP contribution in [0, 0.1) is 5.82 Å². The molecule has 1 aromatic carbocycles. The molecule has 0 spiro atoms. The van der Waals surface area contributed by atoms with Gasteiger partial charge in [-0.15, -0.1) is 0 Å². The molecular formula is C12H15ClFNO. The molecule has 0 aromatic heterocycles. The molecule has 0 bridgehead atoms. The van der Waals surface area contributed by atoms with Gasteiger partial charge in [-0.05, 0) is 37.1 Å². The normalized spacial score (nSPS) is 13.7. The molecule has 0 fully saturated rings. The van der Waals surface area contributed by atoms with Gasteiger partial charge in [0, 0.05) is 11.6 Å². The van der Waals surface area contributed by atoms with Crippen molar-refractivity contribution < 1.29 is 9.13 Å². The summed E-state index contributed by atoms with van der Waals surface area (Å²) in [5.41, 5.74) is 8.63. The van der Waals surface area contributed by atoms with Crippen molar-refractivity contribution in [3.05, 3.63) is 40.7 Å². The second-order valence-electron chi connectivity index (χ2n) is 3.72. The van der Waals surface area contributed by atoms with Crippen molar-refractivity contribution in [2.45, 2.75) is 19.9 Å². The van der Waals surface area contributed by atoms with Crippen LogP contribution in [0.5, 0.6) is 5.75 Å². The monoisotopic (exact) mass is 243 g/mol. The summed E-state index contributed by atoms with van der Waals surface area (Å²) in [7, 11) is 0. The summed E-state index contributed by atoms with van der Waals surface area (Å²) in [5, 5.41) is 0. The zero-order valence-corrected chi connectivity index (χ0v) is 10.1. The van der Waals surface area contributed by atoms with Gasteiger partial charge in [-0.25, -0.2) is 4.39 Å². The van der Waals surface area contributed by atoms with Crippen LogP contribution in [0.4, 0.5) is 4.39 Å². The van der Waals surface area contributed by atoms with Gasteiger partial charge < -0.3 is 10.5 Å². The molecule has 1 rings (SSSR count). The predicted octanol–water partition coefficient (Wildman–Crippen LogP) is 3.37. The molecule has 0 aliphatic rings. The van der Waals surface area contributed by atoms with E-state index in [0.29, 0.717) is 0 Å². The van der Waals surface area contributed by atoms with E-state index in [-0.39, 0.29) is 18.4 Å². The summed E-state index contributed by atoms with van der Waals surface area (Å²) in [6, 6.07) is 4.53. The Morgan fingerprint density at radius 2 is 2.31 bits per heavy atom. The topological polar surface area (TPSA) is 35.2 Å². The van der Waals surface area contributed by atoms with Gasteiger partial charge in [-0.3, -0.25) is 0 Å². The summed E-state index contributed by atoms with van der Waals surface area (Å²) in [4.78, 5) is 0. The van der Waals surface area contributed by atoms with Crippen molar-refractivity contribution in [1.82, 2.24) is 0 Å². The molecule has 1 unspecified atom stereocenters. The predicted molar refractivity (Wildman–Crippen MR) is 64.1 cm³/mol. The molecule has 0 aliphatic heterocycles. The molecule has 0 saturated carbocycles. The van der Waals surface area contributed by atoms with Crippen molar-refractivity contribution in [1.29, 1.82) is 0 Å². The fraction of sp³-hybridized carbons (Fsp3) is 0.333. The van der Waals surface area contributed by atoms with E-state index >= 15 is 0 Å². The number of benzene rings is 1. The molecule has 4 heteroatoms. The standard InChI is InChI=1S/C12H15ClFNO/c1-8(6-13)7-16-12-4-3-10(9(2)15)5-11(12)14/h3-6,9H,7,15H2,1-2H3/b8-6+. The van der Waals surface area contributed by atoms with Crippen LogP contribution >= 0.6 is 11.6 Å². The van der Waals surface area contributed by atoms with Crippen molar-refractivity contribution in [2.75, 3.05) is 6.61 Å². The summed E-state index contributed by atoms with van der Waals surface area (Å²) in [6.07, 6.45) is 0. The Balaban J connectivity index is 2.75. The molecule has 0 radical (unpaired) electrons. The van der Waals surface area contributed by atoms with E-state index in [0.717, 1.165) is 11.1 Å². The van der Waals surface area contributed by atoms with Gasteiger partial charge in [-0.2, -0.15) is 0 Å². The Labute approximate surface area is 99.9 Å². The smallest absolute Gasteiger partial charge is 0.165 e. The second kappa shape index (κ2) is 5.87. The molecule has 16 heavy (non-hydrogen) atoms. The van der Waals surface area contributed by atoms with Crippen LogP contribution < -0.4 is 10.5 Å². The first-order chi connectivity index (χ1) is 7.54. The fourth-order valence-electron chi connectivity index (χ4n) is 1.14. The maximum Gasteiger partial charge on any atom is 0.165 e. The van der Waals surface area contributed by atoms with Gasteiger partial charge in [0.2, 0.25) is 0 Å². The third-order valence-corrected chi connectivity index (χ3v) is 2.50. The summed E-state index contributed by atoms with van der Waals surface area (Å²) >= 11 is 5.47. The van der Waals surface area contributed by atoms with E-state index in [2.05, 4.69) is 0 Å². The first-order valence-corrected chi connectivity index (χ1v) is 5.42. The Bertz CT molecular complexity index is 391. The van der Waals surface area contributed by atoms with Crippen LogP contribution in [0.25, 0.3) is 0 Å². The third-order valence-electron chi connectivity index (χ3n) is 2.12. The minimum Gasteiger partial charge on any atom is -0.486 e. The summed E-state index contributed by atoms with van der Waals surface area (Å²) < 4.78 is 18.8. The van der Waals surface area contributed by atoms with Crippen molar-refractivity contribution >= 4 is 11.6 Å². The zero-order valence-electron chi connectivity index (χ0n) is 9.34. The van der Waals surface area contributed by atoms with Crippen molar-refractivity contribution in [3.63, 3.8) is 0 Å². The SMILES string of the molecule is C/C(=C\Cl)COc1ccc(C(C)N)cc1F. The van der Waals surface area contributed by atoms with Crippen LogP contribution in [-0.4, -0.2) is 6.61 Å². The first kappa shape index (κ1) is 13.0. The van der Waals surface area contributed by atoms with E-state index in [1.807, 2.05) is 0 Å². The maximum atomic E-state index is 13.5. The van der Waals surface area contributed by atoms with Crippen LogP contribution in [-0.2, 0) is 0 Å². The van der Waals surface area contributed by atoms with Gasteiger partial charge in [0.25, 0.3) is 0 Å². The average molecular weight is 244 g/mol. The number of halogens is 2. The molecule has 0 saturated heterocycles. The fourth-order valence-corrected chi connectivity index (χ4v) is 1.20. The molecule has 0 heterocycles. The van der Waals surface area contributed by atoms with Crippen LogP contribution in [0.1, 0.15) is 25.5 Å². The summed E-state index contributed by atoms with van der Waals surface area (Å²) in [5.74, 6) is -0.195. The minimum absolute atomic E-state index is 0.187. The highest BCUT2D eigenvalue weighted by Gasteiger charge is 2.07. The van der Waals surface area contributed by atoms with Gasteiger partial charge in [0.05, 0.1) is 0 Å². The molecule has 1 atom stereocenters. The molecule has 0 amide bonds. The Kier molecular flexibility index (Phi) is 4.77. The quantitative estimate of drug-likeness (QED) is 0.880. The lowest BCUT2D eigenvalue weighted by atomic mass is 10.1. The zero-order chi connectivity index (χ0) is 12.1. The van der Waals surface area contributed by atoms with Crippen molar-refractivity contribution in [2.24, 2.45) is 5.73 Å². The third kappa shape index (κ3) is 3.51. The van der Waals surface area contributed by atoms with Crippen LogP contribution in [0.15, 0.2) is 29.3 Å². The van der Waals surface area contributed by atoms with Gasteiger partial charge in [0.15, 0.2) is 11.6 Å². The molecular weight excluding hydrogens is 229 g/mol. The Morgan fingerprint density at radius 1 is 1.62 bits per heavy atom. The number of nitrogens with two attached hydrogens (primary N) is 1. The van der Waals surface area contributed by atoms with Gasteiger partial charge >= 0.3 is 0 Å². The van der Waals surface area contributed by atoms with Gasteiger partial charge in [-0.1, -0.05) is 17.7 Å². The highest BCUT2D eigenvalue weighted by atomic mass is 35.5. The average Bonchev–Trinajstić information content (AvgIpc) is 2.26. The maximum absolute atomic E-state index is 13.5. The highest BCUT2D eigenvalue weighted by molar-refractivity contribution is 6.25. The minimum atomic E-state index is -0.405. The number of hydrogen-bond acceptors (Lipinski definition) is 2. The highest BCUT2D eigenvalue weighted by Crippen LogP contribution is 2.21. The lowest BCUT2D eigenvalue weighted by Crippen LogP contribution is -2.06. The number of hydrogen-bond donors (Lipinski definition) is 1. The molecule has 88 valence electrons. The van der Waals surface area contributed by atoms with E-state index in [4.69, 9.17) is 22.1 Å². The second-order valence-corrected chi connectivity index (χ2v) is 3.94. The molecule has 1 aromatic rings. The van der Waals surface area contributed by atoms with Crippen LogP contribution in [0.3, 0.4) is 0 Å². The summed E-state index contributed by atoms with van der Waals surface area (Å²) in [6.45, 7) is 3.88. The first-order valence-electron chi connectivity index (χ1n) is 4.98. The molecule has 0 aliphatic carbocycles. The largest absolute Gasteiger partial charge is 0.486 e.